The second-order valence-electron chi connectivity index (χ2n) is 7.15. The predicted octanol–water partition coefficient (Wildman–Crippen LogP) is 3.19. The number of fused-ring (bicyclic) bond motifs is 1. The van der Waals surface area contributed by atoms with Crippen LogP contribution in [0, 0.1) is 0 Å². The monoisotopic (exact) mass is 432 g/mol. The summed E-state index contributed by atoms with van der Waals surface area (Å²) >= 11 is 0. The number of hydrogen-bond donors (Lipinski definition) is 3. The number of amides is 3. The molecule has 0 saturated heterocycles. The number of hydrogen-bond acceptors (Lipinski definition) is 5. The van der Waals surface area contributed by atoms with Crippen LogP contribution in [0.2, 0.25) is 0 Å². The fraction of sp³-hybridized carbons (Fsp3) is 0.130. The zero-order valence-electron chi connectivity index (χ0n) is 16.9. The van der Waals surface area contributed by atoms with Gasteiger partial charge in [-0.15, -0.1) is 0 Å². The van der Waals surface area contributed by atoms with Crippen LogP contribution in [0.5, 0.6) is 11.6 Å². The van der Waals surface area contributed by atoms with Crippen molar-refractivity contribution in [1.82, 2.24) is 9.88 Å². The van der Waals surface area contributed by atoms with Crippen molar-refractivity contribution in [3.05, 3.63) is 83.6 Å². The molecule has 9 heteroatoms. The van der Waals surface area contributed by atoms with Crippen LogP contribution >= 0.6 is 0 Å². The van der Waals surface area contributed by atoms with Crippen LogP contribution in [-0.2, 0) is 11.2 Å². The number of anilines is 1. The highest BCUT2D eigenvalue weighted by molar-refractivity contribution is 5.98. The van der Waals surface area contributed by atoms with Crippen molar-refractivity contribution in [1.29, 1.82) is 0 Å². The molecule has 4 rings (SSSR count). The molecule has 2 aromatic carbocycles. The van der Waals surface area contributed by atoms with E-state index >= 15 is 0 Å². The quantitative estimate of drug-likeness (QED) is 0.567. The van der Waals surface area contributed by atoms with E-state index in [9.17, 15) is 19.5 Å². The SMILES string of the molecule is NC(=O)c1ccc(NC(=O)C2c3cccc(Oc4ccccn4)c3CCN2C(=O)O)cc1. The van der Waals surface area contributed by atoms with Gasteiger partial charge < -0.3 is 20.9 Å². The number of primary amides is 1. The molecular weight excluding hydrogens is 412 g/mol. The Kier molecular flexibility index (Phi) is 5.71. The van der Waals surface area contributed by atoms with E-state index in [1.165, 1.54) is 24.3 Å². The van der Waals surface area contributed by atoms with E-state index in [1.807, 2.05) is 0 Å². The number of pyridine rings is 1. The molecule has 0 bridgehead atoms. The molecule has 9 nitrogen and oxygen atoms in total. The summed E-state index contributed by atoms with van der Waals surface area (Å²) in [5.74, 6) is -0.177. The number of aromatic nitrogens is 1. The Labute approximate surface area is 183 Å². The molecule has 4 N–H and O–H groups in total. The van der Waals surface area contributed by atoms with Gasteiger partial charge in [0.15, 0.2) is 0 Å². The molecule has 0 aliphatic carbocycles. The molecule has 0 saturated carbocycles. The summed E-state index contributed by atoms with van der Waals surface area (Å²) in [7, 11) is 0. The van der Waals surface area contributed by atoms with Gasteiger partial charge in [0.25, 0.3) is 5.91 Å². The zero-order chi connectivity index (χ0) is 22.7. The number of nitrogens with one attached hydrogen (secondary N) is 1. The standard InChI is InChI=1S/C23H20N4O5/c24-21(28)14-7-9-15(10-8-14)26-22(29)20-17-4-3-5-18(32-19-6-1-2-12-25-19)16(17)11-13-27(20)23(30)31/h1-10,12,20H,11,13H2,(H2,24,28)(H,26,29)(H,30,31). The number of carbonyl (C=O) groups excluding carboxylic acids is 2. The lowest BCUT2D eigenvalue weighted by Crippen LogP contribution is -2.44. The lowest BCUT2D eigenvalue weighted by molar-refractivity contribution is -0.121. The number of nitrogens with zero attached hydrogens (tertiary/aromatic N) is 2. The van der Waals surface area contributed by atoms with Gasteiger partial charge in [0.1, 0.15) is 11.8 Å². The van der Waals surface area contributed by atoms with Crippen LogP contribution in [0.4, 0.5) is 10.5 Å². The van der Waals surface area contributed by atoms with Gasteiger partial charge in [-0.1, -0.05) is 18.2 Å². The molecule has 32 heavy (non-hydrogen) atoms. The predicted molar refractivity (Wildman–Crippen MR) is 116 cm³/mol. The second kappa shape index (κ2) is 8.76. The highest BCUT2D eigenvalue weighted by Gasteiger charge is 2.37. The fourth-order valence-electron chi connectivity index (χ4n) is 3.67. The van der Waals surface area contributed by atoms with Crippen LogP contribution in [0.15, 0.2) is 66.9 Å². The summed E-state index contributed by atoms with van der Waals surface area (Å²) in [4.78, 5) is 41.6. The zero-order valence-corrected chi connectivity index (χ0v) is 16.9. The molecule has 2 heterocycles. The molecule has 0 radical (unpaired) electrons. The summed E-state index contributed by atoms with van der Waals surface area (Å²) < 4.78 is 5.90. The van der Waals surface area contributed by atoms with E-state index in [0.717, 1.165) is 10.5 Å². The molecule has 1 aromatic heterocycles. The van der Waals surface area contributed by atoms with Gasteiger partial charge in [-0.2, -0.15) is 0 Å². The lowest BCUT2D eigenvalue weighted by Gasteiger charge is -2.35. The minimum atomic E-state index is -1.20. The maximum Gasteiger partial charge on any atom is 0.408 e. The molecular formula is C23H20N4O5. The maximum absolute atomic E-state index is 13.2. The van der Waals surface area contributed by atoms with Gasteiger partial charge in [0.2, 0.25) is 11.8 Å². The summed E-state index contributed by atoms with van der Waals surface area (Å²) in [5, 5.41) is 12.4. The first-order valence-corrected chi connectivity index (χ1v) is 9.85. The summed E-state index contributed by atoms with van der Waals surface area (Å²) in [5.41, 5.74) is 7.25. The molecule has 0 spiro atoms. The van der Waals surface area contributed by atoms with Gasteiger partial charge in [-0.3, -0.25) is 14.5 Å². The Morgan fingerprint density at radius 3 is 2.50 bits per heavy atom. The van der Waals surface area contributed by atoms with Crippen LogP contribution < -0.4 is 15.8 Å². The number of rotatable bonds is 5. The van der Waals surface area contributed by atoms with Crippen LogP contribution in [0.3, 0.4) is 0 Å². The van der Waals surface area contributed by atoms with Crippen molar-refractivity contribution < 1.29 is 24.2 Å². The molecule has 1 unspecified atom stereocenters. The molecule has 162 valence electrons. The molecule has 3 amide bonds. The van der Waals surface area contributed by atoms with Gasteiger partial charge in [-0.25, -0.2) is 9.78 Å². The summed E-state index contributed by atoms with van der Waals surface area (Å²) in [6, 6.07) is 15.5. The number of ether oxygens (including phenoxy) is 1. The minimum Gasteiger partial charge on any atom is -0.465 e. The Hall–Kier alpha value is -4.40. The lowest BCUT2D eigenvalue weighted by atomic mass is 9.91. The Morgan fingerprint density at radius 2 is 1.84 bits per heavy atom. The van der Waals surface area contributed by atoms with Crippen molar-refractivity contribution in [2.24, 2.45) is 5.73 Å². The maximum atomic E-state index is 13.2. The first kappa shape index (κ1) is 20.9. The highest BCUT2D eigenvalue weighted by Crippen LogP contribution is 2.37. The van der Waals surface area contributed by atoms with Gasteiger partial charge >= 0.3 is 6.09 Å². The second-order valence-corrected chi connectivity index (χ2v) is 7.15. The van der Waals surface area contributed by atoms with Crippen LogP contribution in [-0.4, -0.2) is 39.4 Å². The van der Waals surface area contributed by atoms with E-state index < -0.39 is 23.9 Å². The molecule has 0 fully saturated rings. The normalized spacial score (nSPS) is 14.9. The van der Waals surface area contributed by atoms with Crippen molar-refractivity contribution in [2.45, 2.75) is 12.5 Å². The first-order valence-electron chi connectivity index (χ1n) is 9.85. The topological polar surface area (TPSA) is 135 Å². The van der Waals surface area contributed by atoms with Crippen molar-refractivity contribution in [2.75, 3.05) is 11.9 Å². The average Bonchev–Trinajstić information content (AvgIpc) is 2.79. The van der Waals surface area contributed by atoms with Crippen LogP contribution in [0.25, 0.3) is 0 Å². The van der Waals surface area contributed by atoms with Crippen molar-refractivity contribution in [3.8, 4) is 11.6 Å². The van der Waals surface area contributed by atoms with Gasteiger partial charge in [0, 0.05) is 35.6 Å². The Morgan fingerprint density at radius 1 is 1.06 bits per heavy atom. The number of carbonyl (C=O) groups is 3. The van der Waals surface area contributed by atoms with E-state index in [0.29, 0.717) is 34.9 Å². The average molecular weight is 432 g/mol. The van der Waals surface area contributed by atoms with Crippen molar-refractivity contribution in [3.63, 3.8) is 0 Å². The largest absolute Gasteiger partial charge is 0.465 e. The molecule has 1 aliphatic rings. The number of benzene rings is 2. The van der Waals surface area contributed by atoms with E-state index in [-0.39, 0.29) is 6.54 Å². The summed E-state index contributed by atoms with van der Waals surface area (Å²) in [6.45, 7) is 0.129. The fourth-order valence-corrected chi connectivity index (χ4v) is 3.67. The number of carboxylic acid groups (broad SMARTS) is 1. The van der Waals surface area contributed by atoms with E-state index in [1.54, 1.807) is 42.6 Å². The van der Waals surface area contributed by atoms with Gasteiger partial charge in [0.05, 0.1) is 0 Å². The van der Waals surface area contributed by atoms with E-state index in [4.69, 9.17) is 10.5 Å². The molecule has 3 aromatic rings. The minimum absolute atomic E-state index is 0.129. The number of nitrogens with two attached hydrogens (primary N) is 1. The van der Waals surface area contributed by atoms with Crippen LogP contribution in [0.1, 0.15) is 27.5 Å². The third-order valence-electron chi connectivity index (χ3n) is 5.16. The van der Waals surface area contributed by atoms with Gasteiger partial charge in [-0.05, 0) is 48.4 Å². The smallest absolute Gasteiger partial charge is 0.408 e. The summed E-state index contributed by atoms with van der Waals surface area (Å²) in [6.07, 6.45) is 0.800. The third kappa shape index (κ3) is 4.22. The molecule has 1 aliphatic heterocycles. The highest BCUT2D eigenvalue weighted by atomic mass is 16.5. The Balaban J connectivity index is 1.65. The molecule has 1 atom stereocenters. The van der Waals surface area contributed by atoms with Crippen molar-refractivity contribution >= 4 is 23.6 Å². The Bertz CT molecular complexity index is 1160. The first-order chi connectivity index (χ1) is 15.4. The van der Waals surface area contributed by atoms with E-state index in [2.05, 4.69) is 10.3 Å². The third-order valence-corrected chi connectivity index (χ3v) is 5.16.